The van der Waals surface area contributed by atoms with Crippen LogP contribution in [0.15, 0.2) is 6.07 Å². The Hall–Kier alpha value is -1.32. The van der Waals surface area contributed by atoms with E-state index in [-0.39, 0.29) is 0 Å². The molecule has 0 atom stereocenters. The van der Waals surface area contributed by atoms with E-state index >= 15 is 0 Å². The summed E-state index contributed by atoms with van der Waals surface area (Å²) in [5.41, 5.74) is 0. The molecule has 2 N–H and O–H groups in total. The van der Waals surface area contributed by atoms with Crippen LogP contribution in [0.5, 0.6) is 0 Å². The highest BCUT2D eigenvalue weighted by molar-refractivity contribution is 5.46. The highest BCUT2D eigenvalue weighted by Crippen LogP contribution is 2.10. The van der Waals surface area contributed by atoms with E-state index in [0.29, 0.717) is 5.92 Å². The average Bonchev–Trinajstić information content (AvgIpc) is 2.14. The molecular weight excluding hydrogens is 176 g/mol. The maximum absolute atomic E-state index is 4.29. The predicted molar refractivity (Wildman–Crippen MR) is 59.6 cm³/mol. The van der Waals surface area contributed by atoms with Gasteiger partial charge in [-0.25, -0.2) is 9.97 Å². The summed E-state index contributed by atoms with van der Waals surface area (Å²) in [6.45, 7) is 7.15. The normalized spacial score (nSPS) is 10.4. The van der Waals surface area contributed by atoms with Crippen LogP contribution in [0.3, 0.4) is 0 Å². The molecule has 1 aromatic rings. The van der Waals surface area contributed by atoms with Gasteiger partial charge in [0.15, 0.2) is 0 Å². The second kappa shape index (κ2) is 4.79. The molecule has 0 saturated heterocycles. The van der Waals surface area contributed by atoms with E-state index in [9.17, 15) is 0 Å². The molecule has 78 valence electrons. The van der Waals surface area contributed by atoms with Gasteiger partial charge < -0.3 is 10.6 Å². The van der Waals surface area contributed by atoms with Crippen molar-refractivity contribution in [3.63, 3.8) is 0 Å². The van der Waals surface area contributed by atoms with Gasteiger partial charge in [0.05, 0.1) is 0 Å². The van der Waals surface area contributed by atoms with Gasteiger partial charge in [0.25, 0.3) is 0 Å². The van der Waals surface area contributed by atoms with Crippen molar-refractivity contribution in [3.8, 4) is 0 Å². The van der Waals surface area contributed by atoms with Crippen LogP contribution in [0.4, 0.5) is 11.6 Å². The predicted octanol–water partition coefficient (Wildman–Crippen LogP) is 1.89. The van der Waals surface area contributed by atoms with Crippen LogP contribution in [0.2, 0.25) is 0 Å². The fourth-order valence-electron chi connectivity index (χ4n) is 1.10. The Labute approximate surface area is 85.2 Å². The number of rotatable bonds is 4. The molecule has 1 rings (SSSR count). The Bertz CT molecular complexity index is 296. The Kier molecular flexibility index (Phi) is 3.68. The van der Waals surface area contributed by atoms with E-state index in [0.717, 1.165) is 24.0 Å². The Morgan fingerprint density at radius 1 is 1.29 bits per heavy atom. The van der Waals surface area contributed by atoms with E-state index in [1.807, 2.05) is 20.0 Å². The van der Waals surface area contributed by atoms with Crippen molar-refractivity contribution in [3.05, 3.63) is 11.9 Å². The van der Waals surface area contributed by atoms with Crippen LogP contribution in [-0.2, 0) is 0 Å². The van der Waals surface area contributed by atoms with Gasteiger partial charge in [0.2, 0.25) is 0 Å². The molecule has 0 saturated carbocycles. The lowest BCUT2D eigenvalue weighted by Crippen LogP contribution is -2.10. The molecule has 14 heavy (non-hydrogen) atoms. The van der Waals surface area contributed by atoms with E-state index < -0.39 is 0 Å². The van der Waals surface area contributed by atoms with Gasteiger partial charge in [-0.3, -0.25) is 0 Å². The minimum absolute atomic E-state index is 0.614. The van der Waals surface area contributed by atoms with E-state index in [4.69, 9.17) is 0 Å². The molecule has 4 nitrogen and oxygen atoms in total. The zero-order chi connectivity index (χ0) is 10.6. The van der Waals surface area contributed by atoms with Crippen LogP contribution in [0.25, 0.3) is 0 Å². The fraction of sp³-hybridized carbons (Fsp3) is 0.600. The summed E-state index contributed by atoms with van der Waals surface area (Å²) in [7, 11) is 1.86. The number of hydrogen-bond donors (Lipinski definition) is 2. The Balaban J connectivity index is 2.71. The van der Waals surface area contributed by atoms with Crippen molar-refractivity contribution in [2.45, 2.75) is 20.8 Å². The third-order valence-corrected chi connectivity index (χ3v) is 1.79. The summed E-state index contributed by atoms with van der Waals surface area (Å²) in [6.07, 6.45) is 0. The van der Waals surface area contributed by atoms with Gasteiger partial charge in [-0.1, -0.05) is 13.8 Å². The zero-order valence-corrected chi connectivity index (χ0v) is 9.26. The number of anilines is 2. The summed E-state index contributed by atoms with van der Waals surface area (Å²) in [5.74, 6) is 3.13. The number of hydrogen-bond acceptors (Lipinski definition) is 4. The lowest BCUT2D eigenvalue weighted by molar-refractivity contribution is 0.686. The molecule has 1 heterocycles. The van der Waals surface area contributed by atoms with E-state index in [2.05, 4.69) is 34.4 Å². The third-order valence-electron chi connectivity index (χ3n) is 1.79. The maximum atomic E-state index is 4.29. The number of aromatic nitrogens is 2. The summed E-state index contributed by atoms with van der Waals surface area (Å²) in [6, 6.07) is 1.91. The smallest absolute Gasteiger partial charge is 0.131 e. The number of aryl methyl sites for hydroxylation is 1. The molecule has 4 heteroatoms. The Morgan fingerprint density at radius 3 is 2.50 bits per heavy atom. The first-order chi connectivity index (χ1) is 6.61. The molecular formula is C10H18N4. The third kappa shape index (κ3) is 3.20. The summed E-state index contributed by atoms with van der Waals surface area (Å²) >= 11 is 0. The van der Waals surface area contributed by atoms with Crippen LogP contribution in [-0.4, -0.2) is 23.6 Å². The molecule has 0 radical (unpaired) electrons. The number of nitrogens with one attached hydrogen (secondary N) is 2. The van der Waals surface area contributed by atoms with E-state index in [1.54, 1.807) is 0 Å². The molecule has 0 fully saturated rings. The SMILES string of the molecule is CNc1cc(NCC(C)C)nc(C)n1. The van der Waals surface area contributed by atoms with Crippen molar-refractivity contribution in [1.82, 2.24) is 9.97 Å². The lowest BCUT2D eigenvalue weighted by Gasteiger charge is -2.09. The summed E-state index contributed by atoms with van der Waals surface area (Å²) in [4.78, 5) is 8.51. The molecule has 1 aromatic heterocycles. The van der Waals surface area contributed by atoms with Crippen LogP contribution in [0, 0.1) is 12.8 Å². The molecule has 0 aliphatic rings. The first-order valence-corrected chi connectivity index (χ1v) is 4.89. The molecule has 0 aromatic carbocycles. The van der Waals surface area contributed by atoms with Crippen LogP contribution in [0.1, 0.15) is 19.7 Å². The quantitative estimate of drug-likeness (QED) is 0.768. The monoisotopic (exact) mass is 194 g/mol. The van der Waals surface area contributed by atoms with Gasteiger partial charge in [-0.15, -0.1) is 0 Å². The van der Waals surface area contributed by atoms with Crippen molar-refractivity contribution in [2.24, 2.45) is 5.92 Å². The van der Waals surface area contributed by atoms with Gasteiger partial charge >= 0.3 is 0 Å². The van der Waals surface area contributed by atoms with Crippen LogP contribution < -0.4 is 10.6 Å². The minimum atomic E-state index is 0.614. The van der Waals surface area contributed by atoms with Crippen molar-refractivity contribution >= 4 is 11.6 Å². The minimum Gasteiger partial charge on any atom is -0.373 e. The highest BCUT2D eigenvalue weighted by atomic mass is 15.1. The van der Waals surface area contributed by atoms with Crippen molar-refractivity contribution in [2.75, 3.05) is 24.2 Å². The maximum Gasteiger partial charge on any atom is 0.131 e. The highest BCUT2D eigenvalue weighted by Gasteiger charge is 2.00. The van der Waals surface area contributed by atoms with Gasteiger partial charge in [0, 0.05) is 19.7 Å². The first-order valence-electron chi connectivity index (χ1n) is 4.89. The average molecular weight is 194 g/mol. The Morgan fingerprint density at radius 2 is 1.93 bits per heavy atom. The number of nitrogens with zero attached hydrogens (tertiary/aromatic N) is 2. The summed E-state index contributed by atoms with van der Waals surface area (Å²) in [5, 5.41) is 6.27. The second-order valence-electron chi connectivity index (χ2n) is 3.71. The van der Waals surface area contributed by atoms with Gasteiger partial charge in [0.1, 0.15) is 17.5 Å². The molecule has 0 unspecified atom stereocenters. The zero-order valence-electron chi connectivity index (χ0n) is 9.26. The molecule has 0 spiro atoms. The van der Waals surface area contributed by atoms with E-state index in [1.165, 1.54) is 0 Å². The van der Waals surface area contributed by atoms with Crippen molar-refractivity contribution in [1.29, 1.82) is 0 Å². The topological polar surface area (TPSA) is 49.8 Å². The lowest BCUT2D eigenvalue weighted by atomic mass is 10.2. The molecule has 0 aliphatic carbocycles. The van der Waals surface area contributed by atoms with Crippen LogP contribution >= 0.6 is 0 Å². The van der Waals surface area contributed by atoms with Gasteiger partial charge in [-0.2, -0.15) is 0 Å². The second-order valence-corrected chi connectivity index (χ2v) is 3.71. The largest absolute Gasteiger partial charge is 0.373 e. The molecule has 0 amide bonds. The first kappa shape index (κ1) is 10.8. The molecule has 0 aliphatic heterocycles. The van der Waals surface area contributed by atoms with Gasteiger partial charge in [-0.05, 0) is 12.8 Å². The standard InChI is InChI=1S/C10H18N4/c1-7(2)6-12-10-5-9(11-4)13-8(3)14-10/h5,7H,6H2,1-4H3,(H2,11,12,13,14). The summed E-state index contributed by atoms with van der Waals surface area (Å²) < 4.78 is 0. The molecule has 0 bridgehead atoms. The van der Waals surface area contributed by atoms with Crippen molar-refractivity contribution < 1.29 is 0 Å². The fourth-order valence-corrected chi connectivity index (χ4v) is 1.10.